The maximum atomic E-state index is 4.04. The van der Waals surface area contributed by atoms with E-state index in [2.05, 4.69) is 19.2 Å². The number of hydrogen-bond donors (Lipinski definition) is 1. The molecule has 1 nitrogen and oxygen atoms in total. The average molecular weight is 251 g/mol. The van der Waals surface area contributed by atoms with Crippen molar-refractivity contribution in [3.8, 4) is 0 Å². The molecule has 2 aliphatic carbocycles. The summed E-state index contributed by atoms with van der Waals surface area (Å²) in [6, 6.07) is 1.64. The summed E-state index contributed by atoms with van der Waals surface area (Å²) >= 11 is 0. The molecule has 0 spiro atoms. The van der Waals surface area contributed by atoms with Gasteiger partial charge in [0.05, 0.1) is 0 Å². The second-order valence-corrected chi connectivity index (χ2v) is 6.72. The smallest absolute Gasteiger partial charge is 0.00952 e. The second kappa shape index (κ2) is 7.53. The van der Waals surface area contributed by atoms with E-state index in [0.29, 0.717) is 0 Å². The summed E-state index contributed by atoms with van der Waals surface area (Å²) in [6.07, 6.45) is 15.9. The van der Waals surface area contributed by atoms with Gasteiger partial charge in [-0.15, -0.1) is 0 Å². The summed E-state index contributed by atoms with van der Waals surface area (Å²) in [6.45, 7) is 4.75. The summed E-state index contributed by atoms with van der Waals surface area (Å²) in [5.74, 6) is 1.98. The minimum atomic E-state index is 0.811. The molecule has 0 heterocycles. The third kappa shape index (κ3) is 3.98. The van der Waals surface area contributed by atoms with Gasteiger partial charge in [-0.05, 0) is 43.9 Å². The Morgan fingerprint density at radius 3 is 2.39 bits per heavy atom. The van der Waals surface area contributed by atoms with Gasteiger partial charge in [0.25, 0.3) is 0 Å². The monoisotopic (exact) mass is 251 g/mol. The zero-order valence-corrected chi connectivity index (χ0v) is 12.6. The molecule has 1 heteroatoms. The normalized spacial score (nSPS) is 32.3. The van der Waals surface area contributed by atoms with Crippen molar-refractivity contribution in [2.24, 2.45) is 11.8 Å². The van der Waals surface area contributed by atoms with E-state index < -0.39 is 0 Å². The fraction of sp³-hybridized carbons (Fsp3) is 1.00. The van der Waals surface area contributed by atoms with Crippen LogP contribution in [0.4, 0.5) is 0 Å². The number of hydrogen-bond acceptors (Lipinski definition) is 1. The van der Waals surface area contributed by atoms with Crippen LogP contribution in [0.1, 0.15) is 84.5 Å². The predicted molar refractivity (Wildman–Crippen MR) is 79.8 cm³/mol. The van der Waals surface area contributed by atoms with E-state index in [1.165, 1.54) is 70.6 Å². The third-order valence-corrected chi connectivity index (χ3v) is 5.47. The van der Waals surface area contributed by atoms with Crippen molar-refractivity contribution in [3.63, 3.8) is 0 Å². The van der Waals surface area contributed by atoms with Crippen molar-refractivity contribution in [2.75, 3.05) is 0 Å². The van der Waals surface area contributed by atoms with Gasteiger partial charge in [-0.2, -0.15) is 0 Å². The Hall–Kier alpha value is -0.0400. The van der Waals surface area contributed by atoms with Gasteiger partial charge >= 0.3 is 0 Å². The van der Waals surface area contributed by atoms with Crippen LogP contribution in [0.5, 0.6) is 0 Å². The van der Waals surface area contributed by atoms with Crippen LogP contribution in [-0.4, -0.2) is 12.1 Å². The highest BCUT2D eigenvalue weighted by Crippen LogP contribution is 2.31. The summed E-state index contributed by atoms with van der Waals surface area (Å²) in [5, 5.41) is 4.04. The molecule has 0 radical (unpaired) electrons. The van der Waals surface area contributed by atoms with Gasteiger partial charge < -0.3 is 5.32 Å². The first kappa shape index (κ1) is 14.4. The predicted octanol–water partition coefficient (Wildman–Crippen LogP) is 4.90. The van der Waals surface area contributed by atoms with E-state index in [1.807, 2.05) is 0 Å². The molecule has 0 aromatic heterocycles. The molecule has 1 N–H and O–H groups in total. The minimum absolute atomic E-state index is 0.811. The van der Waals surface area contributed by atoms with Crippen LogP contribution in [0, 0.1) is 11.8 Å². The Kier molecular flexibility index (Phi) is 6.01. The average Bonchev–Trinajstić information content (AvgIpc) is 2.46. The van der Waals surface area contributed by atoms with Crippen LogP contribution in [0.25, 0.3) is 0 Å². The SMILES string of the molecule is CCC1CCCC(NC(CC)C2CCCCC2)C1. The third-order valence-electron chi connectivity index (χ3n) is 5.47. The van der Waals surface area contributed by atoms with Crippen LogP contribution < -0.4 is 5.32 Å². The molecule has 2 fully saturated rings. The van der Waals surface area contributed by atoms with E-state index in [-0.39, 0.29) is 0 Å². The van der Waals surface area contributed by atoms with Crippen LogP contribution in [0.15, 0.2) is 0 Å². The Labute approximate surface area is 114 Å². The van der Waals surface area contributed by atoms with Gasteiger partial charge in [-0.3, -0.25) is 0 Å². The quantitative estimate of drug-likeness (QED) is 0.732. The molecule has 0 saturated heterocycles. The lowest BCUT2D eigenvalue weighted by molar-refractivity contribution is 0.204. The van der Waals surface area contributed by atoms with Gasteiger partial charge in [0, 0.05) is 12.1 Å². The lowest BCUT2D eigenvalue weighted by atomic mass is 9.80. The highest BCUT2D eigenvalue weighted by molar-refractivity contribution is 4.84. The Balaban J connectivity index is 1.81. The number of nitrogens with one attached hydrogen (secondary N) is 1. The molecule has 0 amide bonds. The largest absolute Gasteiger partial charge is 0.311 e. The standard InChI is InChI=1S/C17H33N/c1-3-14-9-8-12-16(13-14)18-17(4-2)15-10-6-5-7-11-15/h14-18H,3-13H2,1-2H3. The maximum absolute atomic E-state index is 4.04. The molecule has 0 aromatic carbocycles. The van der Waals surface area contributed by atoms with Crippen molar-refractivity contribution >= 4 is 0 Å². The topological polar surface area (TPSA) is 12.0 Å². The summed E-state index contributed by atoms with van der Waals surface area (Å²) in [7, 11) is 0. The molecule has 0 bridgehead atoms. The Morgan fingerprint density at radius 1 is 0.944 bits per heavy atom. The first-order chi connectivity index (χ1) is 8.83. The number of rotatable bonds is 5. The summed E-state index contributed by atoms with van der Waals surface area (Å²) in [5.41, 5.74) is 0. The highest BCUT2D eigenvalue weighted by Gasteiger charge is 2.27. The van der Waals surface area contributed by atoms with Crippen molar-refractivity contribution in [2.45, 2.75) is 96.6 Å². The molecule has 2 rings (SSSR count). The molecular weight excluding hydrogens is 218 g/mol. The van der Waals surface area contributed by atoms with Crippen LogP contribution in [0.2, 0.25) is 0 Å². The van der Waals surface area contributed by atoms with E-state index in [1.54, 1.807) is 0 Å². The van der Waals surface area contributed by atoms with Gasteiger partial charge in [0.15, 0.2) is 0 Å². The first-order valence-electron chi connectivity index (χ1n) is 8.59. The molecule has 2 saturated carbocycles. The van der Waals surface area contributed by atoms with E-state index in [4.69, 9.17) is 0 Å². The van der Waals surface area contributed by atoms with Gasteiger partial charge in [-0.1, -0.05) is 52.4 Å². The molecule has 2 aliphatic rings. The second-order valence-electron chi connectivity index (χ2n) is 6.72. The molecule has 106 valence electrons. The van der Waals surface area contributed by atoms with Crippen LogP contribution in [-0.2, 0) is 0 Å². The Bertz CT molecular complexity index is 220. The minimum Gasteiger partial charge on any atom is -0.311 e. The van der Waals surface area contributed by atoms with Gasteiger partial charge in [-0.25, -0.2) is 0 Å². The molecule has 3 atom stereocenters. The van der Waals surface area contributed by atoms with Crippen LogP contribution >= 0.6 is 0 Å². The van der Waals surface area contributed by atoms with Crippen molar-refractivity contribution in [3.05, 3.63) is 0 Å². The van der Waals surface area contributed by atoms with Crippen molar-refractivity contribution in [1.29, 1.82) is 0 Å². The van der Waals surface area contributed by atoms with Crippen molar-refractivity contribution in [1.82, 2.24) is 5.32 Å². The summed E-state index contributed by atoms with van der Waals surface area (Å²) in [4.78, 5) is 0. The van der Waals surface area contributed by atoms with Crippen LogP contribution in [0.3, 0.4) is 0 Å². The molecule has 3 unspecified atom stereocenters. The maximum Gasteiger partial charge on any atom is 0.00952 e. The van der Waals surface area contributed by atoms with E-state index in [9.17, 15) is 0 Å². The lowest BCUT2D eigenvalue weighted by Crippen LogP contribution is -2.45. The van der Waals surface area contributed by atoms with Gasteiger partial charge in [0.2, 0.25) is 0 Å². The lowest BCUT2D eigenvalue weighted by Gasteiger charge is -2.36. The summed E-state index contributed by atoms with van der Waals surface area (Å²) < 4.78 is 0. The van der Waals surface area contributed by atoms with Crippen molar-refractivity contribution < 1.29 is 0 Å². The molecule has 0 aliphatic heterocycles. The molecular formula is C17H33N. The zero-order valence-electron chi connectivity index (χ0n) is 12.6. The van der Waals surface area contributed by atoms with E-state index in [0.717, 1.165) is 23.9 Å². The van der Waals surface area contributed by atoms with Gasteiger partial charge in [0.1, 0.15) is 0 Å². The molecule has 18 heavy (non-hydrogen) atoms. The first-order valence-corrected chi connectivity index (χ1v) is 8.59. The fourth-order valence-electron chi connectivity index (χ4n) is 4.24. The molecule has 0 aromatic rings. The highest BCUT2D eigenvalue weighted by atomic mass is 15.0. The Morgan fingerprint density at radius 2 is 1.72 bits per heavy atom. The fourth-order valence-corrected chi connectivity index (χ4v) is 4.24. The zero-order chi connectivity index (χ0) is 12.8. The van der Waals surface area contributed by atoms with E-state index >= 15 is 0 Å².